The lowest BCUT2D eigenvalue weighted by Gasteiger charge is -2.22. The van der Waals surface area contributed by atoms with Gasteiger partial charge in [0.25, 0.3) is 0 Å². The summed E-state index contributed by atoms with van der Waals surface area (Å²) in [6.07, 6.45) is 3.90. The molecular formula is C16H24N2O4S. The van der Waals surface area contributed by atoms with Gasteiger partial charge in [-0.3, -0.25) is 9.10 Å². The zero-order valence-corrected chi connectivity index (χ0v) is 14.2. The first-order chi connectivity index (χ1) is 11.0. The van der Waals surface area contributed by atoms with Crippen molar-refractivity contribution in [3.63, 3.8) is 0 Å². The fourth-order valence-corrected chi connectivity index (χ4v) is 3.55. The Morgan fingerprint density at radius 2 is 1.91 bits per heavy atom. The second kappa shape index (κ2) is 8.31. The van der Waals surface area contributed by atoms with E-state index in [0.29, 0.717) is 18.0 Å². The molecule has 1 aromatic carbocycles. The van der Waals surface area contributed by atoms with Crippen LogP contribution in [0.25, 0.3) is 0 Å². The van der Waals surface area contributed by atoms with Crippen LogP contribution in [0.2, 0.25) is 0 Å². The second-order valence-corrected chi connectivity index (χ2v) is 7.48. The number of nitrogens with zero attached hydrogens (tertiary/aromatic N) is 1. The zero-order chi connectivity index (χ0) is 16.7. The summed E-state index contributed by atoms with van der Waals surface area (Å²) in [6.45, 7) is 1.57. The second-order valence-electron chi connectivity index (χ2n) is 5.78. The van der Waals surface area contributed by atoms with E-state index >= 15 is 0 Å². The Morgan fingerprint density at radius 1 is 1.26 bits per heavy atom. The number of carbonyl (C=O) groups excluding carboxylic acids is 1. The summed E-state index contributed by atoms with van der Waals surface area (Å²) >= 11 is 0. The van der Waals surface area contributed by atoms with Gasteiger partial charge in [-0.2, -0.15) is 8.42 Å². The van der Waals surface area contributed by atoms with E-state index in [2.05, 4.69) is 4.72 Å². The highest BCUT2D eigenvalue weighted by atomic mass is 32.2. The standard InChI is InChI=1S/C16H24N2O4S/c1-18(15-7-3-2-4-8-15)23(20,21)17-16(19)9-5-6-14-10-12-22-13-11-14/h2-4,7-8,14H,5-6,9-13H2,1H3,(H,17,19). The Bertz CT molecular complexity index is 598. The first kappa shape index (κ1) is 17.7. The third kappa shape index (κ3) is 5.51. The minimum Gasteiger partial charge on any atom is -0.381 e. The normalized spacial score (nSPS) is 16.0. The number of rotatable bonds is 7. The van der Waals surface area contributed by atoms with Crippen LogP contribution in [0.1, 0.15) is 32.1 Å². The van der Waals surface area contributed by atoms with Gasteiger partial charge in [0.1, 0.15) is 0 Å². The van der Waals surface area contributed by atoms with E-state index in [0.717, 1.165) is 36.8 Å². The summed E-state index contributed by atoms with van der Waals surface area (Å²) in [7, 11) is -2.43. The number of amides is 1. The van der Waals surface area contributed by atoms with Crippen molar-refractivity contribution in [1.82, 2.24) is 4.72 Å². The number of anilines is 1. The first-order valence-electron chi connectivity index (χ1n) is 7.91. The molecule has 0 unspecified atom stereocenters. The molecule has 1 aromatic rings. The SMILES string of the molecule is CN(c1ccccc1)S(=O)(=O)NC(=O)CCCC1CCOCC1. The number of carbonyl (C=O) groups is 1. The highest BCUT2D eigenvalue weighted by molar-refractivity contribution is 7.91. The molecule has 1 N–H and O–H groups in total. The van der Waals surface area contributed by atoms with E-state index in [-0.39, 0.29) is 6.42 Å². The maximum Gasteiger partial charge on any atom is 0.325 e. The number of benzene rings is 1. The molecule has 1 aliphatic heterocycles. The summed E-state index contributed by atoms with van der Waals surface area (Å²) in [6, 6.07) is 8.65. The van der Waals surface area contributed by atoms with E-state index < -0.39 is 16.1 Å². The van der Waals surface area contributed by atoms with Crippen molar-refractivity contribution in [1.29, 1.82) is 0 Å². The van der Waals surface area contributed by atoms with Gasteiger partial charge in [0.15, 0.2) is 0 Å². The summed E-state index contributed by atoms with van der Waals surface area (Å²) < 4.78 is 32.9. The van der Waals surface area contributed by atoms with Crippen LogP contribution in [0.4, 0.5) is 5.69 Å². The molecular weight excluding hydrogens is 316 g/mol. The first-order valence-corrected chi connectivity index (χ1v) is 9.35. The molecule has 0 bridgehead atoms. The van der Waals surface area contributed by atoms with Crippen molar-refractivity contribution in [3.8, 4) is 0 Å². The third-order valence-electron chi connectivity index (χ3n) is 4.08. The van der Waals surface area contributed by atoms with E-state index in [1.165, 1.54) is 7.05 Å². The number of ether oxygens (including phenoxy) is 1. The molecule has 6 nitrogen and oxygen atoms in total. The lowest BCUT2D eigenvalue weighted by molar-refractivity contribution is -0.119. The molecule has 23 heavy (non-hydrogen) atoms. The van der Waals surface area contributed by atoms with Crippen LogP contribution in [0.5, 0.6) is 0 Å². The molecule has 1 fully saturated rings. The third-order valence-corrected chi connectivity index (χ3v) is 5.50. The van der Waals surface area contributed by atoms with Gasteiger partial charge in [0.05, 0.1) is 5.69 Å². The molecule has 0 atom stereocenters. The molecule has 1 heterocycles. The maximum atomic E-state index is 12.2. The average Bonchev–Trinajstić information content (AvgIpc) is 2.55. The zero-order valence-electron chi connectivity index (χ0n) is 13.4. The van der Waals surface area contributed by atoms with Crippen LogP contribution in [-0.4, -0.2) is 34.6 Å². The van der Waals surface area contributed by atoms with Gasteiger partial charge in [-0.1, -0.05) is 18.2 Å². The molecule has 0 spiro atoms. The number of hydrogen-bond donors (Lipinski definition) is 1. The summed E-state index contributed by atoms with van der Waals surface area (Å²) in [5.74, 6) is 0.125. The number of para-hydroxylation sites is 1. The highest BCUT2D eigenvalue weighted by Crippen LogP contribution is 2.21. The molecule has 128 valence electrons. The van der Waals surface area contributed by atoms with Crippen LogP contribution in [0.3, 0.4) is 0 Å². The topological polar surface area (TPSA) is 75.7 Å². The number of nitrogens with one attached hydrogen (secondary N) is 1. The van der Waals surface area contributed by atoms with E-state index in [4.69, 9.17) is 4.74 Å². The molecule has 1 saturated heterocycles. The van der Waals surface area contributed by atoms with E-state index in [1.54, 1.807) is 30.3 Å². The summed E-state index contributed by atoms with van der Waals surface area (Å²) in [4.78, 5) is 11.9. The van der Waals surface area contributed by atoms with Crippen molar-refractivity contribution >= 4 is 21.8 Å². The minimum absolute atomic E-state index is 0.221. The van der Waals surface area contributed by atoms with Crippen LogP contribution < -0.4 is 9.03 Å². The van der Waals surface area contributed by atoms with Gasteiger partial charge in [-0.25, -0.2) is 4.72 Å². The van der Waals surface area contributed by atoms with Crippen LogP contribution in [0, 0.1) is 5.92 Å². The van der Waals surface area contributed by atoms with Gasteiger partial charge in [-0.15, -0.1) is 0 Å². The lowest BCUT2D eigenvalue weighted by Crippen LogP contribution is -2.41. The average molecular weight is 340 g/mol. The van der Waals surface area contributed by atoms with Crippen LogP contribution in [-0.2, 0) is 19.7 Å². The quantitative estimate of drug-likeness (QED) is 0.824. The van der Waals surface area contributed by atoms with Crippen molar-refractivity contribution in [2.45, 2.75) is 32.1 Å². The molecule has 1 amide bonds. The monoisotopic (exact) mass is 340 g/mol. The largest absolute Gasteiger partial charge is 0.381 e. The Labute approximate surface area is 138 Å². The Morgan fingerprint density at radius 3 is 2.57 bits per heavy atom. The molecule has 0 aliphatic carbocycles. The number of hydrogen-bond acceptors (Lipinski definition) is 4. The molecule has 0 radical (unpaired) electrons. The van der Waals surface area contributed by atoms with E-state index in [9.17, 15) is 13.2 Å². The predicted molar refractivity (Wildman–Crippen MR) is 89.3 cm³/mol. The van der Waals surface area contributed by atoms with Gasteiger partial charge < -0.3 is 4.74 Å². The highest BCUT2D eigenvalue weighted by Gasteiger charge is 2.21. The van der Waals surface area contributed by atoms with Gasteiger partial charge >= 0.3 is 10.2 Å². The Kier molecular flexibility index (Phi) is 6.41. The molecule has 2 rings (SSSR count). The summed E-state index contributed by atoms with van der Waals surface area (Å²) in [5, 5.41) is 0. The lowest BCUT2D eigenvalue weighted by atomic mass is 9.94. The molecule has 0 aromatic heterocycles. The predicted octanol–water partition coefficient (Wildman–Crippen LogP) is 2.08. The fraction of sp³-hybridized carbons (Fsp3) is 0.562. The van der Waals surface area contributed by atoms with Crippen LogP contribution >= 0.6 is 0 Å². The Balaban J connectivity index is 1.79. The maximum absolute atomic E-state index is 12.2. The smallest absolute Gasteiger partial charge is 0.325 e. The van der Waals surface area contributed by atoms with Crippen molar-refractivity contribution < 1.29 is 17.9 Å². The van der Waals surface area contributed by atoms with Gasteiger partial charge in [-0.05, 0) is 43.7 Å². The molecule has 7 heteroatoms. The van der Waals surface area contributed by atoms with E-state index in [1.807, 2.05) is 0 Å². The minimum atomic E-state index is -3.85. The van der Waals surface area contributed by atoms with Crippen molar-refractivity contribution in [2.75, 3.05) is 24.6 Å². The fourth-order valence-electron chi connectivity index (χ4n) is 2.63. The van der Waals surface area contributed by atoms with Gasteiger partial charge in [0.2, 0.25) is 5.91 Å². The van der Waals surface area contributed by atoms with Crippen LogP contribution in [0.15, 0.2) is 30.3 Å². The molecule has 0 saturated carbocycles. The summed E-state index contributed by atoms with van der Waals surface area (Å²) in [5.41, 5.74) is 0.509. The van der Waals surface area contributed by atoms with Crippen molar-refractivity contribution in [3.05, 3.63) is 30.3 Å². The van der Waals surface area contributed by atoms with Crippen molar-refractivity contribution in [2.24, 2.45) is 5.92 Å². The van der Waals surface area contributed by atoms with Gasteiger partial charge in [0, 0.05) is 26.7 Å². The molecule has 1 aliphatic rings. The Hall–Kier alpha value is -1.60.